The second-order valence-corrected chi connectivity index (χ2v) is 8.86. The Morgan fingerprint density at radius 2 is 2.14 bits per heavy atom. The van der Waals surface area contributed by atoms with E-state index in [-0.39, 0.29) is 11.8 Å². The Bertz CT molecular complexity index is 821. The maximum absolute atomic E-state index is 12.0. The smallest absolute Gasteiger partial charge is 0.438 e. The summed E-state index contributed by atoms with van der Waals surface area (Å²) in [4.78, 5) is 12.0. The van der Waals surface area contributed by atoms with E-state index in [0.29, 0.717) is 11.8 Å². The number of nitriles is 1. The average Bonchev–Trinajstić information content (AvgIpc) is 2.99. The molecule has 0 bridgehead atoms. The van der Waals surface area contributed by atoms with Crippen LogP contribution in [0.4, 0.5) is 4.79 Å². The third-order valence-corrected chi connectivity index (χ3v) is 7.98. The molecule has 2 saturated carbocycles. The number of nitrogens with zero attached hydrogens (tertiary/aromatic N) is 2. The van der Waals surface area contributed by atoms with Crippen molar-refractivity contribution in [2.45, 2.75) is 70.3 Å². The minimum Gasteiger partial charge on any atom is -0.438 e. The molecule has 0 aliphatic heterocycles. The Labute approximate surface area is 165 Å². The van der Waals surface area contributed by atoms with Crippen molar-refractivity contribution in [3.63, 3.8) is 0 Å². The zero-order chi connectivity index (χ0) is 19.9. The lowest BCUT2D eigenvalue weighted by atomic mass is 9.54. The van der Waals surface area contributed by atoms with Gasteiger partial charge in [-0.2, -0.15) is 5.26 Å². The Morgan fingerprint density at radius 1 is 1.32 bits per heavy atom. The standard InChI is InChI=1S/C22H28N2O4/c1-21-9-7-17-16-6-4-15(24-26)13-14(16)3-5-18(17)19(21)8-10-22(21,11-12-23)28-20(25)27-2/h13,18-19,26H,3-11H2,1-2H3/t18?,19?,21-,22+/m0/s1. The number of hydrogen-bond acceptors (Lipinski definition) is 6. The molecule has 150 valence electrons. The number of oxime groups is 1. The lowest BCUT2D eigenvalue weighted by Gasteiger charge is -2.52. The van der Waals surface area contributed by atoms with E-state index in [0.717, 1.165) is 57.1 Å². The van der Waals surface area contributed by atoms with Gasteiger partial charge in [-0.25, -0.2) is 4.79 Å². The average molecular weight is 384 g/mol. The highest BCUT2D eigenvalue weighted by molar-refractivity contribution is 5.97. The number of rotatable bonds is 2. The summed E-state index contributed by atoms with van der Waals surface area (Å²) in [7, 11) is 1.32. The third kappa shape index (κ3) is 2.67. The second-order valence-electron chi connectivity index (χ2n) is 8.86. The molecular formula is C22H28N2O4. The number of carbonyl (C=O) groups excluding carboxylic acids is 1. The van der Waals surface area contributed by atoms with E-state index in [9.17, 15) is 10.1 Å². The van der Waals surface area contributed by atoms with Gasteiger partial charge in [0.25, 0.3) is 0 Å². The molecule has 4 atom stereocenters. The van der Waals surface area contributed by atoms with Crippen molar-refractivity contribution in [3.8, 4) is 6.07 Å². The zero-order valence-corrected chi connectivity index (χ0v) is 16.7. The lowest BCUT2D eigenvalue weighted by molar-refractivity contribution is -0.110. The molecule has 0 radical (unpaired) electrons. The summed E-state index contributed by atoms with van der Waals surface area (Å²) in [6.45, 7) is 2.22. The van der Waals surface area contributed by atoms with Gasteiger partial charge >= 0.3 is 6.16 Å². The first-order valence-corrected chi connectivity index (χ1v) is 10.3. The van der Waals surface area contributed by atoms with Gasteiger partial charge in [0.2, 0.25) is 0 Å². The molecule has 2 unspecified atom stereocenters. The van der Waals surface area contributed by atoms with E-state index in [4.69, 9.17) is 14.7 Å². The molecule has 0 saturated heterocycles. The molecule has 0 aromatic rings. The van der Waals surface area contributed by atoms with Crippen molar-refractivity contribution >= 4 is 11.9 Å². The van der Waals surface area contributed by atoms with Crippen LogP contribution in [0.15, 0.2) is 28.0 Å². The summed E-state index contributed by atoms with van der Waals surface area (Å²) in [5, 5.41) is 22.0. The highest BCUT2D eigenvalue weighted by atomic mass is 16.7. The van der Waals surface area contributed by atoms with Crippen LogP contribution in [0.5, 0.6) is 0 Å². The predicted molar refractivity (Wildman–Crippen MR) is 103 cm³/mol. The van der Waals surface area contributed by atoms with Crippen molar-refractivity contribution in [2.75, 3.05) is 7.11 Å². The van der Waals surface area contributed by atoms with Crippen molar-refractivity contribution in [3.05, 3.63) is 22.8 Å². The van der Waals surface area contributed by atoms with Gasteiger partial charge in [-0.15, -0.1) is 0 Å². The summed E-state index contributed by atoms with van der Waals surface area (Å²) in [6.07, 6.45) is 8.99. The van der Waals surface area contributed by atoms with E-state index >= 15 is 0 Å². The van der Waals surface area contributed by atoms with E-state index in [1.165, 1.54) is 18.3 Å². The van der Waals surface area contributed by atoms with E-state index in [1.54, 1.807) is 5.57 Å². The largest absolute Gasteiger partial charge is 0.508 e. The maximum Gasteiger partial charge on any atom is 0.508 e. The van der Waals surface area contributed by atoms with Gasteiger partial charge in [0, 0.05) is 5.41 Å². The molecule has 2 fully saturated rings. The summed E-state index contributed by atoms with van der Waals surface area (Å²) < 4.78 is 10.6. The normalized spacial score (nSPS) is 38.0. The van der Waals surface area contributed by atoms with Crippen LogP contribution in [-0.4, -0.2) is 29.8 Å². The van der Waals surface area contributed by atoms with Crippen LogP contribution in [0.2, 0.25) is 0 Å². The predicted octanol–water partition coefficient (Wildman–Crippen LogP) is 4.89. The van der Waals surface area contributed by atoms with Crippen molar-refractivity contribution < 1.29 is 19.5 Å². The topological polar surface area (TPSA) is 91.9 Å². The Balaban J connectivity index is 1.69. The monoisotopic (exact) mass is 384 g/mol. The van der Waals surface area contributed by atoms with Gasteiger partial charge in [-0.05, 0) is 80.4 Å². The molecule has 4 aliphatic rings. The quantitative estimate of drug-likeness (QED) is 0.416. The first kappa shape index (κ1) is 19.0. The van der Waals surface area contributed by atoms with Crippen LogP contribution >= 0.6 is 0 Å². The third-order valence-electron chi connectivity index (χ3n) is 7.98. The van der Waals surface area contributed by atoms with Crippen LogP contribution < -0.4 is 0 Å². The van der Waals surface area contributed by atoms with Crippen molar-refractivity contribution in [2.24, 2.45) is 22.4 Å². The highest BCUT2D eigenvalue weighted by Gasteiger charge is 2.63. The molecule has 4 aliphatic carbocycles. The molecule has 0 heterocycles. The Morgan fingerprint density at radius 3 is 2.86 bits per heavy atom. The van der Waals surface area contributed by atoms with Crippen LogP contribution in [0.1, 0.15) is 64.7 Å². The molecular weight excluding hydrogens is 356 g/mol. The molecule has 28 heavy (non-hydrogen) atoms. The summed E-state index contributed by atoms with van der Waals surface area (Å²) in [5.74, 6) is 0.900. The van der Waals surface area contributed by atoms with Gasteiger partial charge in [-0.3, -0.25) is 0 Å². The minimum atomic E-state index is -0.755. The van der Waals surface area contributed by atoms with Crippen molar-refractivity contribution in [1.29, 1.82) is 5.26 Å². The number of methoxy groups -OCH3 is 1. The summed E-state index contributed by atoms with van der Waals surface area (Å²) >= 11 is 0. The van der Waals surface area contributed by atoms with E-state index < -0.39 is 11.8 Å². The fraction of sp³-hybridized carbons (Fsp3) is 0.682. The van der Waals surface area contributed by atoms with Crippen LogP contribution in [-0.2, 0) is 9.47 Å². The summed E-state index contributed by atoms with van der Waals surface area (Å²) in [6, 6.07) is 2.28. The number of hydrogen-bond donors (Lipinski definition) is 1. The van der Waals surface area contributed by atoms with Gasteiger partial charge in [0.05, 0.1) is 25.3 Å². The van der Waals surface area contributed by atoms with Gasteiger partial charge in [0.1, 0.15) is 5.60 Å². The highest BCUT2D eigenvalue weighted by Crippen LogP contribution is 2.65. The number of ether oxygens (including phenoxy) is 2. The molecule has 6 nitrogen and oxygen atoms in total. The zero-order valence-electron chi connectivity index (χ0n) is 16.7. The minimum absolute atomic E-state index is 0.209. The molecule has 0 aromatic carbocycles. The second kappa shape index (κ2) is 6.95. The SMILES string of the molecule is COC(=O)O[C@@]1(CC#N)CCC2C3CCC4=CC(=NO)CCC4=C3CC[C@@]21C. The first-order chi connectivity index (χ1) is 13.5. The number of fused-ring (bicyclic) bond motifs is 4. The van der Waals surface area contributed by atoms with E-state index in [2.05, 4.69) is 24.2 Å². The number of carbonyl (C=O) groups is 1. The fourth-order valence-electron chi connectivity index (χ4n) is 6.54. The first-order valence-electron chi connectivity index (χ1n) is 10.3. The van der Waals surface area contributed by atoms with Gasteiger partial charge in [0.15, 0.2) is 0 Å². The molecule has 6 heteroatoms. The molecule has 1 N–H and O–H groups in total. The molecule has 0 spiro atoms. The Hall–Kier alpha value is -2.29. The number of allylic oxidation sites excluding steroid dienone is 4. The van der Waals surface area contributed by atoms with Gasteiger partial charge < -0.3 is 14.7 Å². The summed E-state index contributed by atoms with van der Waals surface area (Å²) in [5.41, 5.74) is 4.17. The molecule has 0 aromatic heterocycles. The lowest BCUT2D eigenvalue weighted by Crippen LogP contribution is -2.52. The molecule has 4 rings (SSSR count). The van der Waals surface area contributed by atoms with E-state index in [1.807, 2.05) is 0 Å². The van der Waals surface area contributed by atoms with Crippen molar-refractivity contribution in [1.82, 2.24) is 0 Å². The van der Waals surface area contributed by atoms with Gasteiger partial charge in [-0.1, -0.05) is 17.7 Å². The fourth-order valence-corrected chi connectivity index (χ4v) is 6.54. The molecule has 0 amide bonds. The van der Waals surface area contributed by atoms with Crippen LogP contribution in [0.25, 0.3) is 0 Å². The maximum atomic E-state index is 12.0. The van der Waals surface area contributed by atoms with Crippen LogP contribution in [0, 0.1) is 28.6 Å². The Kier molecular flexibility index (Phi) is 4.73. The van der Waals surface area contributed by atoms with Crippen LogP contribution in [0.3, 0.4) is 0 Å².